The fourth-order valence-electron chi connectivity index (χ4n) is 2.43. The van der Waals surface area contributed by atoms with Gasteiger partial charge in [0.05, 0.1) is 0 Å². The summed E-state index contributed by atoms with van der Waals surface area (Å²) in [5.74, 6) is 0.964. The van der Waals surface area contributed by atoms with E-state index >= 15 is 0 Å². The summed E-state index contributed by atoms with van der Waals surface area (Å²) in [6.45, 7) is 10.6. The molecule has 0 unspecified atom stereocenters. The summed E-state index contributed by atoms with van der Waals surface area (Å²) >= 11 is 0. The molecule has 1 fully saturated rings. The van der Waals surface area contributed by atoms with Crippen molar-refractivity contribution in [3.8, 4) is 0 Å². The molecule has 15 heavy (non-hydrogen) atoms. The molecule has 1 aliphatic carbocycles. The van der Waals surface area contributed by atoms with Crippen LogP contribution in [0.25, 0.3) is 0 Å². The Morgan fingerprint density at radius 1 is 1.20 bits per heavy atom. The van der Waals surface area contributed by atoms with E-state index in [0.717, 1.165) is 12.0 Å². The smallest absolute Gasteiger partial charge is 0.00723 e. The van der Waals surface area contributed by atoms with Crippen molar-refractivity contribution in [3.63, 3.8) is 0 Å². The number of nitrogens with one attached hydrogen (secondary N) is 1. The van der Waals surface area contributed by atoms with E-state index in [2.05, 4.69) is 33.0 Å². The molecule has 0 spiro atoms. The number of hydrogen-bond donors (Lipinski definition) is 1. The Bertz CT molecular complexity index is 168. The van der Waals surface area contributed by atoms with Gasteiger partial charge in [-0.2, -0.15) is 0 Å². The molecule has 0 amide bonds. The van der Waals surface area contributed by atoms with E-state index in [-0.39, 0.29) is 0 Å². The van der Waals surface area contributed by atoms with Crippen LogP contribution in [0.15, 0.2) is 0 Å². The molecule has 90 valence electrons. The molecule has 1 rings (SSSR count). The summed E-state index contributed by atoms with van der Waals surface area (Å²) < 4.78 is 0. The largest absolute Gasteiger partial charge is 0.313 e. The van der Waals surface area contributed by atoms with Gasteiger partial charge in [0.2, 0.25) is 0 Å². The van der Waals surface area contributed by atoms with Crippen LogP contribution in [0.1, 0.15) is 66.2 Å². The fraction of sp³-hybridized carbons (Fsp3) is 1.00. The second-order valence-electron chi connectivity index (χ2n) is 6.28. The normalized spacial score (nSPS) is 26.4. The van der Waals surface area contributed by atoms with Crippen molar-refractivity contribution >= 4 is 0 Å². The van der Waals surface area contributed by atoms with Crippen LogP contribution in [0, 0.1) is 11.3 Å². The summed E-state index contributed by atoms with van der Waals surface area (Å²) in [6.07, 6.45) is 8.28. The third kappa shape index (κ3) is 5.01. The quantitative estimate of drug-likeness (QED) is 0.628. The highest BCUT2D eigenvalue weighted by atomic mass is 14.9. The molecule has 0 aromatic heterocycles. The molecule has 0 atom stereocenters. The predicted molar refractivity (Wildman–Crippen MR) is 68.1 cm³/mol. The minimum atomic E-state index is 0.494. The molecule has 1 N–H and O–H groups in total. The summed E-state index contributed by atoms with van der Waals surface area (Å²) in [6, 6.07) is 0.824. The zero-order chi connectivity index (χ0) is 11.3. The van der Waals surface area contributed by atoms with Crippen LogP contribution in [0.5, 0.6) is 0 Å². The summed E-state index contributed by atoms with van der Waals surface area (Å²) in [4.78, 5) is 0. The molecular weight excluding hydrogens is 182 g/mol. The highest BCUT2D eigenvalue weighted by Crippen LogP contribution is 2.28. The highest BCUT2D eigenvalue weighted by molar-refractivity contribution is 4.84. The Hall–Kier alpha value is -0.0400. The van der Waals surface area contributed by atoms with Gasteiger partial charge in [0.1, 0.15) is 0 Å². The Morgan fingerprint density at radius 2 is 1.87 bits per heavy atom. The van der Waals surface area contributed by atoms with Crippen molar-refractivity contribution in [1.82, 2.24) is 5.32 Å². The molecule has 0 heterocycles. The van der Waals surface area contributed by atoms with Crippen LogP contribution >= 0.6 is 0 Å². The predicted octanol–water partition coefficient (Wildman–Crippen LogP) is 3.98. The van der Waals surface area contributed by atoms with Crippen molar-refractivity contribution in [2.24, 2.45) is 11.3 Å². The van der Waals surface area contributed by atoms with E-state index in [0.29, 0.717) is 5.41 Å². The van der Waals surface area contributed by atoms with Gasteiger partial charge in [-0.05, 0) is 30.6 Å². The van der Waals surface area contributed by atoms with E-state index in [4.69, 9.17) is 0 Å². The van der Waals surface area contributed by atoms with Crippen LogP contribution in [0.4, 0.5) is 0 Å². The lowest BCUT2D eigenvalue weighted by Crippen LogP contribution is -2.44. The van der Waals surface area contributed by atoms with Gasteiger partial charge in [-0.3, -0.25) is 0 Å². The van der Waals surface area contributed by atoms with Crippen molar-refractivity contribution in [2.75, 3.05) is 6.54 Å². The first-order chi connectivity index (χ1) is 7.03. The minimum absolute atomic E-state index is 0.494. The van der Waals surface area contributed by atoms with Crippen molar-refractivity contribution in [1.29, 1.82) is 0 Å². The van der Waals surface area contributed by atoms with Gasteiger partial charge in [0.25, 0.3) is 0 Å². The van der Waals surface area contributed by atoms with Crippen LogP contribution in [0.3, 0.4) is 0 Å². The van der Waals surface area contributed by atoms with Gasteiger partial charge in [0, 0.05) is 12.6 Å². The van der Waals surface area contributed by atoms with E-state index in [1.807, 2.05) is 0 Å². The third-order valence-electron chi connectivity index (χ3n) is 3.70. The number of unbranched alkanes of at least 4 members (excludes halogenated alkanes) is 2. The van der Waals surface area contributed by atoms with Gasteiger partial charge in [-0.1, -0.05) is 47.0 Å². The van der Waals surface area contributed by atoms with E-state index < -0.39 is 0 Å². The molecule has 1 saturated carbocycles. The van der Waals surface area contributed by atoms with Gasteiger partial charge >= 0.3 is 0 Å². The monoisotopic (exact) mass is 211 g/mol. The number of rotatable bonds is 7. The molecule has 0 saturated heterocycles. The maximum Gasteiger partial charge on any atom is 0.00723 e. The van der Waals surface area contributed by atoms with Crippen LogP contribution < -0.4 is 5.32 Å². The SMILES string of the molecule is CCCCCC(C)(C)CNC1CC(C)C1. The van der Waals surface area contributed by atoms with Crippen LogP contribution in [-0.4, -0.2) is 12.6 Å². The lowest BCUT2D eigenvalue weighted by Gasteiger charge is -2.36. The van der Waals surface area contributed by atoms with Crippen molar-refractivity contribution in [2.45, 2.75) is 72.3 Å². The zero-order valence-corrected chi connectivity index (χ0v) is 11.1. The molecule has 0 radical (unpaired) electrons. The average Bonchev–Trinajstić information content (AvgIpc) is 2.11. The van der Waals surface area contributed by atoms with Gasteiger partial charge in [-0.15, -0.1) is 0 Å². The molecular formula is C14H29N. The molecule has 0 aromatic carbocycles. The second-order valence-corrected chi connectivity index (χ2v) is 6.28. The van der Waals surface area contributed by atoms with Crippen molar-refractivity contribution in [3.05, 3.63) is 0 Å². The lowest BCUT2D eigenvalue weighted by molar-refractivity contribution is 0.203. The first kappa shape index (κ1) is 13.0. The topological polar surface area (TPSA) is 12.0 Å². The standard InChI is InChI=1S/C14H29N/c1-5-6-7-8-14(3,4)11-15-13-9-12(2)10-13/h12-13,15H,5-11H2,1-4H3. The fourth-order valence-corrected chi connectivity index (χ4v) is 2.43. The van der Waals surface area contributed by atoms with E-state index in [9.17, 15) is 0 Å². The average molecular weight is 211 g/mol. The minimum Gasteiger partial charge on any atom is -0.313 e. The molecule has 0 aliphatic heterocycles. The van der Waals surface area contributed by atoms with E-state index in [1.165, 1.54) is 45.1 Å². The summed E-state index contributed by atoms with van der Waals surface area (Å²) in [5, 5.41) is 3.72. The molecule has 0 aromatic rings. The van der Waals surface area contributed by atoms with E-state index in [1.54, 1.807) is 0 Å². The van der Waals surface area contributed by atoms with Gasteiger partial charge in [-0.25, -0.2) is 0 Å². The highest BCUT2D eigenvalue weighted by Gasteiger charge is 2.26. The Kier molecular flexibility index (Phi) is 5.11. The molecule has 1 nitrogen and oxygen atoms in total. The van der Waals surface area contributed by atoms with Crippen LogP contribution in [-0.2, 0) is 0 Å². The summed E-state index contributed by atoms with van der Waals surface area (Å²) in [5.41, 5.74) is 0.494. The Balaban J connectivity index is 2.07. The van der Waals surface area contributed by atoms with Crippen LogP contribution in [0.2, 0.25) is 0 Å². The maximum atomic E-state index is 3.72. The first-order valence-electron chi connectivity index (χ1n) is 6.77. The Morgan fingerprint density at radius 3 is 2.40 bits per heavy atom. The molecule has 1 heteroatoms. The first-order valence-corrected chi connectivity index (χ1v) is 6.77. The maximum absolute atomic E-state index is 3.72. The zero-order valence-electron chi connectivity index (χ0n) is 11.1. The second kappa shape index (κ2) is 5.89. The van der Waals surface area contributed by atoms with Gasteiger partial charge < -0.3 is 5.32 Å². The Labute approximate surface area is 96.0 Å². The summed E-state index contributed by atoms with van der Waals surface area (Å²) in [7, 11) is 0. The number of hydrogen-bond acceptors (Lipinski definition) is 1. The molecule has 0 bridgehead atoms. The lowest BCUT2D eigenvalue weighted by atomic mass is 9.80. The van der Waals surface area contributed by atoms with Crippen molar-refractivity contribution < 1.29 is 0 Å². The third-order valence-corrected chi connectivity index (χ3v) is 3.70. The molecule has 1 aliphatic rings. The van der Waals surface area contributed by atoms with Gasteiger partial charge in [0.15, 0.2) is 0 Å².